The normalized spacial score (nSPS) is 22.2. The van der Waals surface area contributed by atoms with Crippen molar-refractivity contribution in [2.45, 2.75) is 25.7 Å². The van der Waals surface area contributed by atoms with Crippen molar-refractivity contribution < 1.29 is 37.1 Å². The Kier molecular flexibility index (Phi) is 8.55. The highest BCUT2D eigenvalue weighted by atomic mass is 19.4. The summed E-state index contributed by atoms with van der Waals surface area (Å²) in [7, 11) is 1.22. The molecule has 7 rings (SSSR count). The summed E-state index contributed by atoms with van der Waals surface area (Å²) in [6.45, 7) is 7.44. The molecule has 0 aliphatic carbocycles. The zero-order valence-corrected chi connectivity index (χ0v) is 24.5. The van der Waals surface area contributed by atoms with Gasteiger partial charge in [-0.15, -0.1) is 5.10 Å². The molecule has 4 aliphatic heterocycles. The standard InChI is InChI=1S/C29H28F3N7O3.CH2O2/c1-18-24(26(40)42-2)25(23-7-6-19(16-33)14-20(23)17-39-11-8-36(9-12-39)10-13-39)38-27(34-35-28(38)41)37(18)22-5-3-4-21(15-22)29(30,31)32;2-1-3/h3-7,14-15,25H,8-13,17H2,1-2H3;1H,(H,2,3)/t25-;/m1./s1. The number of methoxy groups -OCH3 is 1. The predicted octanol–water partition coefficient (Wildman–Crippen LogP) is 1.66. The van der Waals surface area contributed by atoms with Crippen LogP contribution >= 0.6 is 0 Å². The number of halogens is 3. The van der Waals surface area contributed by atoms with Gasteiger partial charge in [-0.2, -0.15) is 18.4 Å². The maximum atomic E-state index is 13.6. The minimum Gasteiger partial charge on any atom is -0.554 e. The van der Waals surface area contributed by atoms with E-state index in [2.05, 4.69) is 21.2 Å². The number of hydrogen-bond acceptors (Lipinski definition) is 9. The Morgan fingerprint density at radius 1 is 1.20 bits per heavy atom. The summed E-state index contributed by atoms with van der Waals surface area (Å²) < 4.78 is 48.2. The average molecular weight is 626 g/mol. The molecule has 12 nitrogen and oxygen atoms in total. The fourth-order valence-electron chi connectivity index (χ4n) is 6.49. The number of carbonyl (C=O) groups is 2. The van der Waals surface area contributed by atoms with E-state index in [-0.39, 0.29) is 22.9 Å². The first-order chi connectivity index (χ1) is 21.5. The molecule has 0 radical (unpaired) electrons. The van der Waals surface area contributed by atoms with E-state index in [0.29, 0.717) is 17.7 Å². The minimum atomic E-state index is -4.60. The van der Waals surface area contributed by atoms with Gasteiger partial charge in [-0.25, -0.2) is 19.3 Å². The van der Waals surface area contributed by atoms with Crippen LogP contribution in [0.3, 0.4) is 0 Å². The number of benzene rings is 2. The predicted molar refractivity (Wildman–Crippen MR) is 152 cm³/mol. The van der Waals surface area contributed by atoms with Crippen LogP contribution in [-0.4, -0.2) is 83.0 Å². The number of H-pyrrole nitrogens is 1. The summed E-state index contributed by atoms with van der Waals surface area (Å²) in [5, 5.41) is 24.6. The third kappa shape index (κ3) is 5.81. The van der Waals surface area contributed by atoms with Crippen LogP contribution in [0.25, 0.3) is 0 Å². The fourth-order valence-corrected chi connectivity index (χ4v) is 6.49. The Labute approximate surface area is 255 Å². The van der Waals surface area contributed by atoms with Crippen molar-refractivity contribution in [2.24, 2.45) is 0 Å². The number of rotatable bonds is 5. The maximum Gasteiger partial charge on any atom is 0.416 e. The molecule has 3 saturated heterocycles. The molecule has 3 fully saturated rings. The number of nitrogens with zero attached hydrogens (tertiary/aromatic N) is 6. The van der Waals surface area contributed by atoms with Crippen LogP contribution in [0.15, 0.2) is 58.5 Å². The molecule has 5 heterocycles. The van der Waals surface area contributed by atoms with Crippen molar-refractivity contribution in [3.8, 4) is 6.07 Å². The van der Waals surface area contributed by atoms with E-state index < -0.39 is 35.9 Å². The Hall–Kier alpha value is -4.94. The van der Waals surface area contributed by atoms with E-state index >= 15 is 0 Å². The van der Waals surface area contributed by atoms with E-state index in [1.165, 1.54) is 28.7 Å². The Morgan fingerprint density at radius 3 is 2.47 bits per heavy atom. The number of ether oxygens (including phenoxy) is 1. The highest BCUT2D eigenvalue weighted by Gasteiger charge is 2.43. The lowest BCUT2D eigenvalue weighted by Gasteiger charge is -2.51. The number of hydrogen-bond donors (Lipinski definition) is 1. The van der Waals surface area contributed by atoms with Crippen molar-refractivity contribution in [1.29, 1.82) is 5.26 Å². The summed E-state index contributed by atoms with van der Waals surface area (Å²) in [5.74, 6) is -0.703. The SMILES string of the molecule is COC(=O)C1=C(C)N(c2cccc(C(F)(F)F)c2)c2n[nH]c(=O)n2[C@@H]1c1ccc(C#N)cc1C[N+]12CCN(CC1)CC2.O=C[O-]. The molecule has 0 unspecified atom stereocenters. The van der Waals surface area contributed by atoms with Crippen LogP contribution in [0.4, 0.5) is 24.8 Å². The van der Waals surface area contributed by atoms with Gasteiger partial charge in [0.05, 0.1) is 49.5 Å². The average Bonchev–Trinajstić information content (AvgIpc) is 3.41. The van der Waals surface area contributed by atoms with Crippen molar-refractivity contribution >= 4 is 24.1 Å². The fraction of sp³-hybridized carbons (Fsp3) is 0.367. The third-order valence-electron chi connectivity index (χ3n) is 8.72. The molecule has 0 amide bonds. The molecule has 15 heteroatoms. The molecule has 2 aromatic carbocycles. The van der Waals surface area contributed by atoms with Crippen molar-refractivity contribution in [1.82, 2.24) is 19.7 Å². The van der Waals surface area contributed by atoms with E-state index in [4.69, 9.17) is 14.6 Å². The number of carbonyl (C=O) groups excluding carboxylic acids is 2. The number of quaternary nitrogens is 1. The van der Waals surface area contributed by atoms with Crippen LogP contribution in [0.2, 0.25) is 0 Å². The molecule has 0 spiro atoms. The highest BCUT2D eigenvalue weighted by molar-refractivity contribution is 5.93. The van der Waals surface area contributed by atoms with Gasteiger partial charge in [-0.1, -0.05) is 12.1 Å². The topological polar surface area (TPSA) is 147 Å². The van der Waals surface area contributed by atoms with Crippen molar-refractivity contribution in [3.05, 3.63) is 86.5 Å². The molecular weight excluding hydrogens is 595 g/mol. The molecule has 3 aromatic rings. The number of carboxylic acid groups (broad SMARTS) is 1. The Balaban J connectivity index is 0.00000128. The number of anilines is 2. The summed E-state index contributed by atoms with van der Waals surface area (Å²) in [4.78, 5) is 38.9. The molecule has 4 aliphatic rings. The van der Waals surface area contributed by atoms with Gasteiger partial charge in [0.25, 0.3) is 0 Å². The lowest BCUT2D eigenvalue weighted by molar-refractivity contribution is -0.953. The number of fused-ring (bicyclic) bond motifs is 4. The number of piperazine rings is 3. The smallest absolute Gasteiger partial charge is 0.416 e. The van der Waals surface area contributed by atoms with Crippen LogP contribution in [-0.2, 0) is 27.0 Å². The van der Waals surface area contributed by atoms with Crippen LogP contribution in [0.1, 0.15) is 35.2 Å². The Morgan fingerprint density at radius 2 is 1.87 bits per heavy atom. The number of nitrogens with one attached hydrogen (secondary N) is 1. The molecule has 45 heavy (non-hydrogen) atoms. The van der Waals surface area contributed by atoms with Gasteiger partial charge in [0.2, 0.25) is 5.95 Å². The zero-order chi connectivity index (χ0) is 32.5. The number of nitriles is 1. The van der Waals surface area contributed by atoms with Gasteiger partial charge in [0, 0.05) is 43.1 Å². The molecule has 2 bridgehead atoms. The number of aromatic amines is 1. The van der Waals surface area contributed by atoms with Gasteiger partial charge in [-0.3, -0.25) is 9.80 Å². The van der Waals surface area contributed by atoms with E-state index in [0.717, 1.165) is 61.4 Å². The van der Waals surface area contributed by atoms with Crippen LogP contribution in [0.5, 0.6) is 0 Å². The largest absolute Gasteiger partial charge is 0.554 e. The maximum absolute atomic E-state index is 13.6. The number of aromatic nitrogens is 3. The highest BCUT2D eigenvalue weighted by Crippen LogP contribution is 2.44. The second kappa shape index (κ2) is 12.2. The summed E-state index contributed by atoms with van der Waals surface area (Å²) >= 11 is 0. The number of esters is 1. The molecule has 236 valence electrons. The van der Waals surface area contributed by atoms with Crippen LogP contribution < -0.4 is 15.7 Å². The van der Waals surface area contributed by atoms with E-state index in [1.807, 2.05) is 0 Å². The molecule has 1 aromatic heterocycles. The van der Waals surface area contributed by atoms with Gasteiger partial charge < -0.3 is 19.1 Å². The first-order valence-corrected chi connectivity index (χ1v) is 14.1. The molecule has 0 saturated carbocycles. The summed E-state index contributed by atoms with van der Waals surface area (Å²) in [6, 6.07) is 11.0. The summed E-state index contributed by atoms with van der Waals surface area (Å²) in [6.07, 6.45) is -4.60. The number of allylic oxidation sites excluding steroid dienone is 1. The van der Waals surface area contributed by atoms with Crippen molar-refractivity contribution in [2.75, 3.05) is 51.3 Å². The Bertz CT molecular complexity index is 1740. The molecule has 1 N–H and O–H groups in total. The van der Waals surface area contributed by atoms with E-state index in [9.17, 15) is 28.0 Å². The zero-order valence-electron chi connectivity index (χ0n) is 24.5. The molecular formula is C30H30F3N7O5. The minimum absolute atomic E-state index is 0.0309. The summed E-state index contributed by atoms with van der Waals surface area (Å²) in [5.41, 5.74) is 0.791. The lowest BCUT2D eigenvalue weighted by Crippen LogP contribution is -2.66. The van der Waals surface area contributed by atoms with Crippen molar-refractivity contribution in [3.63, 3.8) is 0 Å². The second-order valence-electron chi connectivity index (χ2n) is 11.1. The van der Waals surface area contributed by atoms with Crippen LogP contribution in [0, 0.1) is 11.3 Å². The monoisotopic (exact) mass is 625 g/mol. The number of alkyl halides is 3. The van der Waals surface area contributed by atoms with Gasteiger partial charge in [0.1, 0.15) is 12.6 Å². The first kappa shape index (κ1) is 31.5. The van der Waals surface area contributed by atoms with Gasteiger partial charge in [-0.05, 0) is 42.8 Å². The van der Waals surface area contributed by atoms with Gasteiger partial charge >= 0.3 is 17.8 Å². The van der Waals surface area contributed by atoms with Gasteiger partial charge in [0.15, 0.2) is 0 Å². The first-order valence-electron chi connectivity index (χ1n) is 14.1. The van der Waals surface area contributed by atoms with E-state index in [1.54, 1.807) is 25.1 Å². The quantitative estimate of drug-likeness (QED) is 0.254. The molecule has 1 atom stereocenters. The third-order valence-corrected chi connectivity index (χ3v) is 8.72. The second-order valence-corrected chi connectivity index (χ2v) is 11.1. The lowest BCUT2D eigenvalue weighted by atomic mass is 9.89.